The molecule has 16 nitrogen and oxygen atoms in total. The summed E-state index contributed by atoms with van der Waals surface area (Å²) in [5.74, 6) is 29.3. The molecule has 0 saturated carbocycles. The maximum atomic E-state index is 6.22. The summed E-state index contributed by atoms with van der Waals surface area (Å²) in [6.45, 7) is 3.91. The lowest BCUT2D eigenvalue weighted by Crippen LogP contribution is -1.96. The van der Waals surface area contributed by atoms with Gasteiger partial charge in [0.2, 0.25) is 0 Å². The van der Waals surface area contributed by atoms with Gasteiger partial charge in [0.15, 0.2) is 23.3 Å². The second kappa shape index (κ2) is 51.6. The average molecular weight is 2040 g/mol. The summed E-state index contributed by atoms with van der Waals surface area (Å²) in [6.07, 6.45) is 56.0. The molecule has 8 bridgehead atoms. The van der Waals surface area contributed by atoms with Crippen molar-refractivity contribution in [2.45, 2.75) is 181 Å². The number of rotatable bonds is 48. The minimum Gasteiger partial charge on any atom is -0.494 e. The Balaban J connectivity index is 0.934. The molecule has 0 fully saturated rings. The summed E-state index contributed by atoms with van der Waals surface area (Å²) in [6, 6.07) is 82.9. The summed E-state index contributed by atoms with van der Waals surface area (Å²) >= 11 is 13.0. The van der Waals surface area contributed by atoms with E-state index in [-0.39, 0.29) is 0 Å². The Morgan fingerprint density at radius 2 is 0.326 bits per heavy atom. The predicted octanol–water partition coefficient (Wildman–Crippen LogP) is 30.4. The quantitative estimate of drug-likeness (QED) is 0.0271. The number of benzene rings is 12. The van der Waals surface area contributed by atoms with Gasteiger partial charge in [-0.05, 0) is 294 Å². The molecule has 24 heteroatoms. The van der Waals surface area contributed by atoms with Gasteiger partial charge in [-0.15, -0.1) is 98.8 Å². The highest BCUT2D eigenvalue weighted by atomic mass is 32.2. The van der Waals surface area contributed by atoms with Crippen LogP contribution in [-0.2, 0) is 0 Å². The van der Waals surface area contributed by atoms with Gasteiger partial charge in [-0.2, -0.15) is 0 Å². The van der Waals surface area contributed by atoms with Crippen LogP contribution in [0.1, 0.15) is 103 Å². The van der Waals surface area contributed by atoms with Crippen molar-refractivity contribution in [3.63, 3.8) is 0 Å². The van der Waals surface area contributed by atoms with Gasteiger partial charge in [0.05, 0.1) is 52.9 Å². The number of nitrogens with zero attached hydrogens (tertiary/aromatic N) is 6. The van der Waals surface area contributed by atoms with Gasteiger partial charge in [-0.3, -0.25) is 0 Å². The summed E-state index contributed by atoms with van der Waals surface area (Å²) in [5, 5.41) is 3.00. The van der Waals surface area contributed by atoms with Crippen LogP contribution in [0, 0.1) is 98.8 Å². The highest BCUT2D eigenvalue weighted by Crippen LogP contribution is 2.52. The van der Waals surface area contributed by atoms with Gasteiger partial charge in [0.1, 0.15) is 68.6 Å². The van der Waals surface area contributed by atoms with Crippen LogP contribution in [0.3, 0.4) is 0 Å². The molecular weight excluding hydrogens is 1940 g/mol. The van der Waals surface area contributed by atoms with E-state index in [1.807, 2.05) is 97.1 Å². The van der Waals surface area contributed by atoms with Crippen LogP contribution < -0.4 is 37.9 Å². The minimum atomic E-state index is 0.387. The Kier molecular flexibility index (Phi) is 36.2. The molecule has 0 radical (unpaired) electrons. The molecule has 2 aliphatic heterocycles. The smallest absolute Gasteiger partial charge is 0.164 e. The highest BCUT2D eigenvalue weighted by Gasteiger charge is 2.29. The number of aromatic nitrogens is 8. The lowest BCUT2D eigenvalue weighted by molar-refractivity contribution is 0.312. The van der Waals surface area contributed by atoms with E-state index in [2.05, 4.69) is 203 Å². The molecule has 0 atom stereocenters. The predicted molar refractivity (Wildman–Crippen MR) is 589 cm³/mol. The van der Waals surface area contributed by atoms with E-state index in [4.69, 9.17) is 119 Å². The standard InChI is InChI=1S/C120H98N8O8S8/c1-9-17-25-65-129-81-33-49-89(50-34-81)137-105-73-97-98(74-106(105)138-90-51-35-82(36-52-90)130-66-26-18-10-2)114-121-113(97)125-115-99-75-107(139-91-53-37-83(38-54-91)131-67-27-19-11-3)108(140-92-55-39-84(40-56-92)132-68-28-20-12-4)76-100(99)117(122-115)127-119-103-79-111(143-95-61-45-87(46-62-95)135-71-31-23-15-7)112(144-96-63-47-88(48-64-96)136-72-32-24-16-8)80-104(103)120(124-119)128-118-102-78-110(142-94-59-43-86(44-60-94)134-70-30-22-14-6)109(77-101(102)116(123-118)126-114)141-93-57-41-85(42-58-93)133-69-29-21-13-5/h1-8,33-64,73-80H,17-32,65-72H2,(H2,121,122,123,124,125,126,127,128). The Morgan fingerprint density at radius 1 is 0.188 bits per heavy atom. The zero-order valence-corrected chi connectivity index (χ0v) is 85.4. The molecule has 5 heterocycles. The minimum absolute atomic E-state index is 0.387. The van der Waals surface area contributed by atoms with Crippen molar-refractivity contribution in [3.8, 4) is 190 Å². The summed E-state index contributed by atoms with van der Waals surface area (Å²) in [4.78, 5) is 57.8. The molecule has 15 aromatic rings. The van der Waals surface area contributed by atoms with E-state index in [0.717, 1.165) is 219 Å². The molecule has 17 rings (SSSR count). The van der Waals surface area contributed by atoms with E-state index in [1.165, 1.54) is 0 Å². The number of aromatic amines is 2. The third-order valence-corrected chi connectivity index (χ3v) is 31.4. The van der Waals surface area contributed by atoms with Gasteiger partial charge >= 0.3 is 0 Å². The molecule has 12 aromatic carbocycles. The lowest BCUT2D eigenvalue weighted by atomic mass is 10.1. The number of ether oxygens (including phenoxy) is 8. The van der Waals surface area contributed by atoms with Crippen molar-refractivity contribution < 1.29 is 37.9 Å². The van der Waals surface area contributed by atoms with Gasteiger partial charge in [-0.25, -0.2) is 29.9 Å². The van der Waals surface area contributed by atoms with E-state index in [9.17, 15) is 0 Å². The average Bonchev–Trinajstić information content (AvgIpc) is 1.58. The van der Waals surface area contributed by atoms with Crippen LogP contribution in [0.25, 0.3) is 89.7 Å². The Morgan fingerprint density at radius 3 is 0.465 bits per heavy atom. The van der Waals surface area contributed by atoms with Crippen molar-refractivity contribution in [1.82, 2.24) is 39.9 Å². The van der Waals surface area contributed by atoms with Crippen molar-refractivity contribution in [3.05, 3.63) is 243 Å². The molecule has 0 unspecified atom stereocenters. The molecule has 0 aliphatic carbocycles. The topological polar surface area (TPSA) is 183 Å². The van der Waals surface area contributed by atoms with E-state index in [0.29, 0.717) is 150 Å². The molecule has 0 spiro atoms. The molecule has 0 amide bonds. The normalized spacial score (nSPS) is 11.1. The van der Waals surface area contributed by atoms with Crippen molar-refractivity contribution in [2.24, 2.45) is 0 Å². The largest absolute Gasteiger partial charge is 0.494 e. The first kappa shape index (κ1) is 101. The van der Waals surface area contributed by atoms with E-state index < -0.39 is 0 Å². The highest BCUT2D eigenvalue weighted by molar-refractivity contribution is 8.03. The van der Waals surface area contributed by atoms with Gasteiger partial charge < -0.3 is 47.9 Å². The van der Waals surface area contributed by atoms with Crippen molar-refractivity contribution in [2.75, 3.05) is 52.9 Å². The zero-order chi connectivity index (χ0) is 99.0. The first-order valence-electron chi connectivity index (χ1n) is 47.2. The second-order valence-corrected chi connectivity index (χ2v) is 41.7. The third-order valence-electron chi connectivity index (χ3n) is 22.4. The number of unbranched alkanes of at least 4 members (excludes halogenated alkanes) is 8. The van der Waals surface area contributed by atoms with Crippen LogP contribution in [0.5, 0.6) is 46.0 Å². The molecule has 3 aromatic heterocycles. The first-order valence-corrected chi connectivity index (χ1v) is 53.8. The second-order valence-electron chi connectivity index (χ2n) is 32.8. The van der Waals surface area contributed by atoms with Gasteiger partial charge in [-0.1, -0.05) is 94.1 Å². The van der Waals surface area contributed by atoms with Gasteiger partial charge in [0, 0.05) is 173 Å². The van der Waals surface area contributed by atoms with Crippen LogP contribution in [0.4, 0.5) is 0 Å². The zero-order valence-electron chi connectivity index (χ0n) is 78.9. The van der Waals surface area contributed by atoms with Gasteiger partial charge in [0.25, 0.3) is 0 Å². The van der Waals surface area contributed by atoms with E-state index in [1.54, 1.807) is 94.1 Å². The maximum absolute atomic E-state index is 6.22. The number of nitrogens with one attached hydrogen (secondary N) is 2. The molecule has 0 saturated heterocycles. The number of fused-ring (bicyclic) bond motifs is 20. The Labute approximate surface area is 875 Å². The van der Waals surface area contributed by atoms with Crippen LogP contribution >= 0.6 is 94.1 Å². The SMILES string of the molecule is C#CCCCOc1ccc(Sc2cc3c(cc2Sc2ccc(OCCCC#C)cc2)-c2nc-3nc3[nH]c(nc4nc(nc5[nH]c(n2)c2cc(Sc6ccc(OCCCC#C)cc6)c(Sc6ccc(OCCCC#C)cc6)cc52)-c2cc(Sc5ccc(OCCCC#C)cc5)c(Sc5ccc(OCCCC#C)cc5)cc2-4)c2cc(Sc4ccc(OCCCC#C)cc4)c(Sc4ccc(OCCCC#C)cc4)cc32)cc1. The van der Waals surface area contributed by atoms with Crippen molar-refractivity contribution >= 4 is 138 Å². The van der Waals surface area contributed by atoms with Crippen molar-refractivity contribution in [1.29, 1.82) is 0 Å². The Bertz CT molecular complexity index is 6730. The summed E-state index contributed by atoms with van der Waals surface area (Å²) < 4.78 is 49.7. The number of hydrogen-bond acceptors (Lipinski definition) is 22. The summed E-state index contributed by atoms with van der Waals surface area (Å²) in [5.41, 5.74) is 4.79. The lowest BCUT2D eigenvalue weighted by Gasteiger charge is -2.13. The molecule has 2 N–H and O–H groups in total. The van der Waals surface area contributed by atoms with E-state index >= 15 is 0 Å². The maximum Gasteiger partial charge on any atom is 0.164 e. The monoisotopic (exact) mass is 2030 g/mol. The fourth-order valence-corrected chi connectivity index (χ4v) is 23.1. The number of H-pyrrole nitrogens is 2. The Hall–Kier alpha value is -14.3. The molecular formula is C120H98N8O8S8. The summed E-state index contributed by atoms with van der Waals surface area (Å²) in [7, 11) is 0. The molecule has 2 aliphatic rings. The molecule has 144 heavy (non-hydrogen) atoms. The fourth-order valence-electron chi connectivity index (χ4n) is 15.2. The first-order chi connectivity index (χ1) is 70.9. The third kappa shape index (κ3) is 27.4. The van der Waals surface area contributed by atoms with Crippen LogP contribution in [0.15, 0.2) is 321 Å². The van der Waals surface area contributed by atoms with Crippen LogP contribution in [0.2, 0.25) is 0 Å². The number of terminal acetylenes is 8. The number of hydrogen-bond donors (Lipinski definition) is 2. The fraction of sp³-hybridized carbons (Fsp3) is 0.200. The van der Waals surface area contributed by atoms with Crippen LogP contribution in [-0.4, -0.2) is 92.7 Å². The molecule has 714 valence electrons.